The Hall–Kier alpha value is -3.03. The summed E-state index contributed by atoms with van der Waals surface area (Å²) in [7, 11) is 0. The molecule has 0 N–H and O–H groups in total. The van der Waals surface area contributed by atoms with Crippen LogP contribution in [0.1, 0.15) is 36.8 Å². The summed E-state index contributed by atoms with van der Waals surface area (Å²) in [6, 6.07) is 8.69. The number of anilines is 1. The highest BCUT2D eigenvalue weighted by Crippen LogP contribution is 2.31. The molecule has 4 heterocycles. The van der Waals surface area contributed by atoms with Gasteiger partial charge in [0.05, 0.1) is 10.4 Å². The molecule has 2 aliphatic rings. The zero-order chi connectivity index (χ0) is 18.4. The fourth-order valence-electron chi connectivity index (χ4n) is 4.26. The lowest BCUT2D eigenvalue weighted by Crippen LogP contribution is -2.35. The summed E-state index contributed by atoms with van der Waals surface area (Å²) in [5.74, 6) is 3.52. The number of piperidine rings is 1. The number of non-ortho nitro benzene ring substituents is 1. The van der Waals surface area contributed by atoms with Gasteiger partial charge >= 0.3 is 0 Å². The third kappa shape index (κ3) is 2.81. The molecule has 3 aromatic rings. The Morgan fingerprint density at radius 3 is 2.93 bits per heavy atom. The zero-order valence-electron chi connectivity index (χ0n) is 14.9. The second-order valence-electron chi connectivity index (χ2n) is 7.32. The molecule has 8 nitrogen and oxygen atoms in total. The molecule has 1 aromatic carbocycles. The molecule has 0 bridgehead atoms. The molecule has 0 spiro atoms. The number of rotatable bonds is 3. The maximum atomic E-state index is 11.0. The molecule has 0 aliphatic carbocycles. The van der Waals surface area contributed by atoms with Crippen LogP contribution in [0.25, 0.3) is 10.9 Å². The lowest BCUT2D eigenvalue weighted by atomic mass is 9.97. The van der Waals surface area contributed by atoms with E-state index in [4.69, 9.17) is 4.98 Å². The first-order chi connectivity index (χ1) is 13.2. The monoisotopic (exact) mass is 364 g/mol. The largest absolute Gasteiger partial charge is 0.356 e. The Morgan fingerprint density at radius 1 is 1.11 bits per heavy atom. The number of aromatic nitrogens is 4. The van der Waals surface area contributed by atoms with Crippen molar-refractivity contribution in [1.29, 1.82) is 0 Å². The van der Waals surface area contributed by atoms with Crippen molar-refractivity contribution in [2.24, 2.45) is 0 Å². The third-order valence-electron chi connectivity index (χ3n) is 5.62. The number of benzene rings is 1. The fourth-order valence-corrected chi connectivity index (χ4v) is 4.26. The highest BCUT2D eigenvalue weighted by Gasteiger charge is 2.29. The second kappa shape index (κ2) is 6.29. The van der Waals surface area contributed by atoms with Crippen LogP contribution in [0.5, 0.6) is 0 Å². The van der Waals surface area contributed by atoms with Gasteiger partial charge in [-0.15, -0.1) is 10.2 Å². The molecule has 0 amide bonds. The van der Waals surface area contributed by atoms with E-state index in [9.17, 15) is 10.1 Å². The van der Waals surface area contributed by atoms with Crippen molar-refractivity contribution in [2.45, 2.75) is 38.1 Å². The van der Waals surface area contributed by atoms with Gasteiger partial charge in [-0.1, -0.05) is 0 Å². The van der Waals surface area contributed by atoms with E-state index in [2.05, 4.69) is 19.7 Å². The van der Waals surface area contributed by atoms with Crippen LogP contribution in [0.4, 0.5) is 11.5 Å². The van der Waals surface area contributed by atoms with Crippen LogP contribution in [0.2, 0.25) is 0 Å². The van der Waals surface area contributed by atoms with E-state index in [0.29, 0.717) is 5.92 Å². The molecular formula is C19H20N6O2. The average molecular weight is 364 g/mol. The summed E-state index contributed by atoms with van der Waals surface area (Å²) in [5, 5.41) is 20.6. The Bertz CT molecular complexity index is 1030. The minimum absolute atomic E-state index is 0.0933. The standard InChI is InChI=1S/C19H20N6O2/c26-25(27)15-6-7-16-13(11-15)5-8-17(20-16)23-9-1-3-14(12-23)19-22-21-18-4-2-10-24(18)19/h5-8,11,14H,1-4,9-10,12H2. The molecule has 138 valence electrons. The molecule has 0 radical (unpaired) electrons. The van der Waals surface area contributed by atoms with Gasteiger partial charge in [-0.3, -0.25) is 10.1 Å². The minimum atomic E-state index is -0.375. The molecular weight excluding hydrogens is 344 g/mol. The van der Waals surface area contributed by atoms with Crippen LogP contribution >= 0.6 is 0 Å². The molecule has 2 aromatic heterocycles. The van der Waals surface area contributed by atoms with Crippen LogP contribution < -0.4 is 4.90 Å². The normalized spacial score (nSPS) is 19.4. The van der Waals surface area contributed by atoms with Gasteiger partial charge in [0.25, 0.3) is 5.69 Å². The molecule has 1 unspecified atom stereocenters. The van der Waals surface area contributed by atoms with Gasteiger partial charge in [-0.05, 0) is 37.5 Å². The third-order valence-corrected chi connectivity index (χ3v) is 5.62. The second-order valence-corrected chi connectivity index (χ2v) is 7.32. The predicted octanol–water partition coefficient (Wildman–Crippen LogP) is 3.06. The van der Waals surface area contributed by atoms with E-state index < -0.39 is 0 Å². The van der Waals surface area contributed by atoms with E-state index in [1.54, 1.807) is 12.1 Å². The lowest BCUT2D eigenvalue weighted by molar-refractivity contribution is -0.384. The summed E-state index contributed by atoms with van der Waals surface area (Å²) >= 11 is 0. The first-order valence-corrected chi connectivity index (χ1v) is 9.41. The van der Waals surface area contributed by atoms with Gasteiger partial charge < -0.3 is 9.47 Å². The van der Waals surface area contributed by atoms with Crippen molar-refractivity contribution >= 4 is 22.4 Å². The van der Waals surface area contributed by atoms with E-state index in [1.165, 1.54) is 6.07 Å². The Labute approximate surface area is 156 Å². The van der Waals surface area contributed by atoms with Crippen LogP contribution in [-0.2, 0) is 13.0 Å². The van der Waals surface area contributed by atoms with Crippen LogP contribution in [0, 0.1) is 10.1 Å². The Balaban J connectivity index is 1.42. The van der Waals surface area contributed by atoms with E-state index in [-0.39, 0.29) is 10.6 Å². The van der Waals surface area contributed by atoms with Gasteiger partial charge in [-0.25, -0.2) is 4.98 Å². The molecule has 5 rings (SSSR count). The summed E-state index contributed by atoms with van der Waals surface area (Å²) in [6.07, 6.45) is 4.40. The Morgan fingerprint density at radius 2 is 2.04 bits per heavy atom. The number of nitro benzene ring substituents is 1. The Kier molecular flexibility index (Phi) is 3.77. The predicted molar refractivity (Wildman–Crippen MR) is 101 cm³/mol. The van der Waals surface area contributed by atoms with Crippen LogP contribution in [-0.4, -0.2) is 37.8 Å². The summed E-state index contributed by atoms with van der Waals surface area (Å²) < 4.78 is 2.29. The highest BCUT2D eigenvalue weighted by atomic mass is 16.6. The van der Waals surface area contributed by atoms with Crippen molar-refractivity contribution in [1.82, 2.24) is 19.7 Å². The number of hydrogen-bond donors (Lipinski definition) is 0. The quantitative estimate of drug-likeness (QED) is 0.524. The smallest absolute Gasteiger partial charge is 0.270 e. The summed E-state index contributed by atoms with van der Waals surface area (Å²) in [4.78, 5) is 17.6. The van der Waals surface area contributed by atoms with Gasteiger partial charge in [0.2, 0.25) is 0 Å². The van der Waals surface area contributed by atoms with E-state index in [0.717, 1.165) is 73.7 Å². The molecule has 0 saturated carbocycles. The number of nitro groups is 1. The van der Waals surface area contributed by atoms with Gasteiger partial charge in [0.15, 0.2) is 0 Å². The number of fused-ring (bicyclic) bond motifs is 2. The van der Waals surface area contributed by atoms with Crippen molar-refractivity contribution in [2.75, 3.05) is 18.0 Å². The topological polar surface area (TPSA) is 90.0 Å². The molecule has 1 saturated heterocycles. The molecule has 1 atom stereocenters. The van der Waals surface area contributed by atoms with Crippen molar-refractivity contribution < 1.29 is 4.92 Å². The first-order valence-electron chi connectivity index (χ1n) is 9.41. The zero-order valence-corrected chi connectivity index (χ0v) is 14.9. The average Bonchev–Trinajstić information content (AvgIpc) is 3.31. The maximum absolute atomic E-state index is 11.0. The van der Waals surface area contributed by atoms with Crippen LogP contribution in [0.3, 0.4) is 0 Å². The summed E-state index contributed by atoms with van der Waals surface area (Å²) in [6.45, 7) is 2.87. The number of pyridine rings is 1. The molecule has 2 aliphatic heterocycles. The molecule has 27 heavy (non-hydrogen) atoms. The van der Waals surface area contributed by atoms with Gasteiger partial charge in [-0.2, -0.15) is 0 Å². The highest BCUT2D eigenvalue weighted by molar-refractivity contribution is 5.82. The number of nitrogens with zero attached hydrogens (tertiary/aromatic N) is 6. The first kappa shape index (κ1) is 16.2. The van der Waals surface area contributed by atoms with Crippen molar-refractivity contribution in [3.8, 4) is 0 Å². The van der Waals surface area contributed by atoms with E-state index in [1.807, 2.05) is 12.1 Å². The van der Waals surface area contributed by atoms with Gasteiger partial charge in [0, 0.05) is 49.5 Å². The fraction of sp³-hybridized carbons (Fsp3) is 0.421. The van der Waals surface area contributed by atoms with Crippen LogP contribution in [0.15, 0.2) is 30.3 Å². The number of hydrogen-bond acceptors (Lipinski definition) is 6. The molecule has 1 fully saturated rings. The van der Waals surface area contributed by atoms with Gasteiger partial charge in [0.1, 0.15) is 17.5 Å². The lowest BCUT2D eigenvalue weighted by Gasteiger charge is -2.33. The number of aryl methyl sites for hydroxylation is 1. The maximum Gasteiger partial charge on any atom is 0.270 e. The molecule has 8 heteroatoms. The SMILES string of the molecule is O=[N+]([O-])c1ccc2nc(N3CCCC(c4nnc5n4CCC5)C3)ccc2c1. The van der Waals surface area contributed by atoms with Crippen molar-refractivity contribution in [3.05, 3.63) is 52.1 Å². The van der Waals surface area contributed by atoms with Crippen molar-refractivity contribution in [3.63, 3.8) is 0 Å². The minimum Gasteiger partial charge on any atom is -0.356 e. The van der Waals surface area contributed by atoms with E-state index >= 15 is 0 Å². The summed E-state index contributed by atoms with van der Waals surface area (Å²) in [5.41, 5.74) is 0.874.